The van der Waals surface area contributed by atoms with Gasteiger partial charge in [0.05, 0.1) is 27.8 Å². The second-order valence-electron chi connectivity index (χ2n) is 5.22. The van der Waals surface area contributed by atoms with E-state index in [2.05, 4.69) is 5.32 Å². The number of amides is 1. The van der Waals surface area contributed by atoms with Gasteiger partial charge in [0, 0.05) is 16.6 Å². The smallest absolute Gasteiger partial charge is 0.224 e. The van der Waals surface area contributed by atoms with Gasteiger partial charge >= 0.3 is 0 Å². The Balaban J connectivity index is 2.06. The lowest BCUT2D eigenvalue weighted by Gasteiger charge is -2.14. The van der Waals surface area contributed by atoms with Crippen molar-refractivity contribution in [2.45, 2.75) is 13.0 Å². The van der Waals surface area contributed by atoms with Crippen molar-refractivity contribution in [3.8, 4) is 17.2 Å². The summed E-state index contributed by atoms with van der Waals surface area (Å²) in [6.07, 6.45) is 0.167. The van der Waals surface area contributed by atoms with Gasteiger partial charge in [0.15, 0.2) is 11.5 Å². The molecule has 0 heterocycles. The molecule has 25 heavy (non-hydrogen) atoms. The maximum Gasteiger partial charge on any atom is 0.224 e. The highest BCUT2D eigenvalue weighted by Gasteiger charge is 2.14. The van der Waals surface area contributed by atoms with Crippen LogP contribution in [0, 0.1) is 0 Å². The molecule has 0 spiro atoms. The first kappa shape index (κ1) is 19.2. The number of hydrogen-bond donors (Lipinski definition) is 1. The van der Waals surface area contributed by atoms with Crippen LogP contribution in [0.15, 0.2) is 30.3 Å². The van der Waals surface area contributed by atoms with E-state index in [1.807, 2.05) is 0 Å². The Hall–Kier alpha value is -2.11. The average molecular weight is 384 g/mol. The van der Waals surface area contributed by atoms with Crippen LogP contribution in [0.3, 0.4) is 0 Å². The molecule has 0 aliphatic carbocycles. The SMILES string of the molecule is COc1cc(CNC(=O)Cc2ccc(Cl)cc2Cl)cc(OC)c1OC. The van der Waals surface area contributed by atoms with Crippen molar-refractivity contribution in [1.29, 1.82) is 0 Å². The predicted octanol–water partition coefficient (Wildman–Crippen LogP) is 3.88. The maximum absolute atomic E-state index is 12.2. The molecule has 0 unspecified atom stereocenters. The zero-order valence-electron chi connectivity index (χ0n) is 14.2. The third-order valence-corrected chi connectivity index (χ3v) is 4.17. The van der Waals surface area contributed by atoms with E-state index in [4.69, 9.17) is 37.4 Å². The number of benzene rings is 2. The van der Waals surface area contributed by atoms with Gasteiger partial charge in [-0.1, -0.05) is 29.3 Å². The van der Waals surface area contributed by atoms with Crippen LogP contribution in [0.25, 0.3) is 0 Å². The van der Waals surface area contributed by atoms with Crippen LogP contribution in [0.4, 0.5) is 0 Å². The number of methoxy groups -OCH3 is 3. The van der Waals surface area contributed by atoms with Gasteiger partial charge in [0.25, 0.3) is 0 Å². The third kappa shape index (κ3) is 4.94. The molecule has 0 radical (unpaired) electrons. The fourth-order valence-corrected chi connectivity index (χ4v) is 2.81. The van der Waals surface area contributed by atoms with Gasteiger partial charge in [-0.05, 0) is 35.4 Å². The third-order valence-electron chi connectivity index (χ3n) is 3.58. The molecule has 0 fully saturated rings. The summed E-state index contributed by atoms with van der Waals surface area (Å²) in [4.78, 5) is 12.2. The summed E-state index contributed by atoms with van der Waals surface area (Å²) in [7, 11) is 4.63. The number of hydrogen-bond acceptors (Lipinski definition) is 4. The van der Waals surface area contributed by atoms with Crippen LogP contribution < -0.4 is 19.5 Å². The fraction of sp³-hybridized carbons (Fsp3) is 0.278. The summed E-state index contributed by atoms with van der Waals surface area (Å²) < 4.78 is 15.9. The van der Waals surface area contributed by atoms with Crippen molar-refractivity contribution in [3.05, 3.63) is 51.5 Å². The highest BCUT2D eigenvalue weighted by molar-refractivity contribution is 6.35. The van der Waals surface area contributed by atoms with Crippen LogP contribution >= 0.6 is 23.2 Å². The quantitative estimate of drug-likeness (QED) is 0.787. The van der Waals surface area contributed by atoms with Crippen molar-refractivity contribution in [3.63, 3.8) is 0 Å². The van der Waals surface area contributed by atoms with Crippen LogP contribution in [0.1, 0.15) is 11.1 Å². The second-order valence-corrected chi connectivity index (χ2v) is 6.07. The number of nitrogens with one attached hydrogen (secondary N) is 1. The van der Waals surface area contributed by atoms with E-state index >= 15 is 0 Å². The minimum atomic E-state index is -0.155. The molecule has 0 aliphatic rings. The molecule has 2 aromatic rings. The van der Waals surface area contributed by atoms with Crippen LogP contribution in [-0.4, -0.2) is 27.2 Å². The second kappa shape index (κ2) is 8.83. The molecule has 2 aromatic carbocycles. The molecule has 7 heteroatoms. The topological polar surface area (TPSA) is 56.8 Å². The van der Waals surface area contributed by atoms with Crippen LogP contribution in [0.5, 0.6) is 17.2 Å². The first-order valence-corrected chi connectivity index (χ1v) is 8.23. The molecule has 0 bridgehead atoms. The lowest BCUT2D eigenvalue weighted by atomic mass is 10.1. The Morgan fingerprint density at radius 1 is 1.00 bits per heavy atom. The van der Waals surface area contributed by atoms with Crippen molar-refractivity contribution < 1.29 is 19.0 Å². The van der Waals surface area contributed by atoms with E-state index < -0.39 is 0 Å². The molecule has 0 aromatic heterocycles. The minimum absolute atomic E-state index is 0.155. The number of halogens is 2. The summed E-state index contributed by atoms with van der Waals surface area (Å²) >= 11 is 11.9. The lowest BCUT2D eigenvalue weighted by Crippen LogP contribution is -2.24. The number of carbonyl (C=O) groups excluding carboxylic acids is 1. The Labute approximate surface area is 156 Å². The summed E-state index contributed by atoms with van der Waals surface area (Å²) in [5.41, 5.74) is 1.54. The maximum atomic E-state index is 12.2. The molecule has 0 aliphatic heterocycles. The first-order chi connectivity index (χ1) is 12.0. The molecule has 0 saturated carbocycles. The Morgan fingerprint density at radius 3 is 2.16 bits per heavy atom. The zero-order valence-corrected chi connectivity index (χ0v) is 15.7. The highest BCUT2D eigenvalue weighted by atomic mass is 35.5. The van der Waals surface area contributed by atoms with Crippen LogP contribution in [-0.2, 0) is 17.8 Å². The van der Waals surface area contributed by atoms with E-state index in [9.17, 15) is 4.79 Å². The Bertz CT molecular complexity index is 740. The largest absolute Gasteiger partial charge is 0.493 e. The van der Waals surface area contributed by atoms with E-state index in [-0.39, 0.29) is 12.3 Å². The molecular weight excluding hydrogens is 365 g/mol. The van der Waals surface area contributed by atoms with E-state index in [0.29, 0.717) is 39.4 Å². The first-order valence-electron chi connectivity index (χ1n) is 7.48. The van der Waals surface area contributed by atoms with Gasteiger partial charge in [0.2, 0.25) is 11.7 Å². The molecule has 0 saturated heterocycles. The number of carbonyl (C=O) groups is 1. The predicted molar refractivity (Wildman–Crippen MR) is 98.1 cm³/mol. The number of ether oxygens (including phenoxy) is 3. The highest BCUT2D eigenvalue weighted by Crippen LogP contribution is 2.38. The molecule has 2 rings (SSSR count). The van der Waals surface area contributed by atoms with Crippen molar-refractivity contribution >= 4 is 29.1 Å². The van der Waals surface area contributed by atoms with E-state index in [1.165, 1.54) is 7.11 Å². The van der Waals surface area contributed by atoms with Gasteiger partial charge in [-0.15, -0.1) is 0 Å². The van der Waals surface area contributed by atoms with Crippen molar-refractivity contribution in [2.24, 2.45) is 0 Å². The molecule has 5 nitrogen and oxygen atoms in total. The fourth-order valence-electron chi connectivity index (χ4n) is 2.34. The molecular formula is C18H19Cl2NO4. The van der Waals surface area contributed by atoms with E-state index in [0.717, 1.165) is 5.56 Å². The molecule has 1 amide bonds. The normalized spacial score (nSPS) is 10.3. The minimum Gasteiger partial charge on any atom is -0.493 e. The Kier molecular flexibility index (Phi) is 6.79. The molecule has 1 N–H and O–H groups in total. The van der Waals surface area contributed by atoms with Gasteiger partial charge in [-0.25, -0.2) is 0 Å². The zero-order chi connectivity index (χ0) is 18.4. The summed E-state index contributed by atoms with van der Waals surface area (Å²) in [6.45, 7) is 0.320. The van der Waals surface area contributed by atoms with Gasteiger partial charge in [-0.2, -0.15) is 0 Å². The van der Waals surface area contributed by atoms with Crippen LogP contribution in [0.2, 0.25) is 10.0 Å². The van der Waals surface area contributed by atoms with Crippen molar-refractivity contribution in [2.75, 3.05) is 21.3 Å². The van der Waals surface area contributed by atoms with E-state index in [1.54, 1.807) is 44.6 Å². The molecule has 0 atom stereocenters. The standard InChI is InChI=1S/C18H19Cl2NO4/c1-23-15-6-11(7-16(24-2)18(15)25-3)10-21-17(22)8-12-4-5-13(19)9-14(12)20/h4-7,9H,8,10H2,1-3H3,(H,21,22). The summed E-state index contributed by atoms with van der Waals surface area (Å²) in [5.74, 6) is 1.42. The van der Waals surface area contributed by atoms with Gasteiger partial charge in [0.1, 0.15) is 0 Å². The molecule has 134 valence electrons. The monoisotopic (exact) mass is 383 g/mol. The summed E-state index contributed by atoms with van der Waals surface area (Å²) in [6, 6.07) is 8.64. The van der Waals surface area contributed by atoms with Gasteiger partial charge in [-0.3, -0.25) is 4.79 Å². The van der Waals surface area contributed by atoms with Gasteiger partial charge < -0.3 is 19.5 Å². The lowest BCUT2D eigenvalue weighted by molar-refractivity contribution is -0.120. The number of rotatable bonds is 7. The van der Waals surface area contributed by atoms with Crippen molar-refractivity contribution in [1.82, 2.24) is 5.32 Å². The summed E-state index contributed by atoms with van der Waals surface area (Å²) in [5, 5.41) is 3.85. The average Bonchev–Trinajstić information content (AvgIpc) is 2.61. The Morgan fingerprint density at radius 2 is 1.64 bits per heavy atom.